The van der Waals surface area contributed by atoms with E-state index < -0.39 is 23.6 Å². The van der Waals surface area contributed by atoms with Gasteiger partial charge in [0.2, 0.25) is 23.6 Å². The van der Waals surface area contributed by atoms with Crippen LogP contribution in [0.15, 0.2) is 109 Å². The first kappa shape index (κ1) is 53.7. The van der Waals surface area contributed by atoms with E-state index in [2.05, 4.69) is 42.9 Å². The Kier molecular flexibility index (Phi) is 19.0. The molecule has 4 amide bonds. The Labute approximate surface area is 432 Å². The Bertz CT molecular complexity index is 2610. The fraction of sp³-hybridized carbons (Fsp3) is 0.411. The maximum atomic E-state index is 14.1. The van der Waals surface area contributed by atoms with E-state index in [-0.39, 0.29) is 55.3 Å². The maximum absolute atomic E-state index is 14.1. The van der Waals surface area contributed by atoms with Crippen molar-refractivity contribution in [3.8, 4) is 21.9 Å². The summed E-state index contributed by atoms with van der Waals surface area (Å²) in [6, 6.07) is 31.4. The van der Waals surface area contributed by atoms with Crippen molar-refractivity contribution in [2.75, 3.05) is 64.8 Å². The van der Waals surface area contributed by atoms with Gasteiger partial charge in [0.05, 0.1) is 28.7 Å². The molecule has 3 atom stereocenters. The standard InChI is InChI=1S/C56H68ClN7O7S/c1-38-52(72-37-60-38)43-12-10-39(11-13-43)35-59-54(69)48-34-45(66)36-64(48)55(70)53(56(2,3)4)61-50(68)24-28-63-31-29-62(30-32-63)27-23-49(67)58-26-33-71-46-20-16-42(17-21-46)51(41-14-18-44(65)19-15-41)47(22-25-57)40-8-6-5-7-9-40/h5-21,37,45,48,53,65-66H,22-36H2,1-4H3,(H,58,67)(H,59,69)(H,61,68)/t45-,48+,53-/m1/s1. The normalized spacial score (nSPS) is 17.2. The molecule has 0 spiro atoms. The average molecular weight is 1020 g/mol. The summed E-state index contributed by atoms with van der Waals surface area (Å²) in [6.45, 7) is 12.7. The van der Waals surface area contributed by atoms with Crippen LogP contribution in [0.2, 0.25) is 0 Å². The van der Waals surface area contributed by atoms with E-state index in [4.69, 9.17) is 16.3 Å². The number of rotatable bonds is 21. The fourth-order valence-corrected chi connectivity index (χ4v) is 10.2. The second-order valence-corrected chi connectivity index (χ2v) is 20.8. The molecular weight excluding hydrogens is 950 g/mol. The number of aromatic hydroxyl groups is 1. The van der Waals surface area contributed by atoms with Gasteiger partial charge in [0.15, 0.2) is 0 Å². The van der Waals surface area contributed by atoms with Crippen molar-refractivity contribution in [3.05, 3.63) is 137 Å². The quantitative estimate of drug-likeness (QED) is 0.0289. The Morgan fingerprint density at radius 3 is 2.03 bits per heavy atom. The van der Waals surface area contributed by atoms with Crippen LogP contribution in [0.25, 0.3) is 21.6 Å². The number of nitrogens with zero attached hydrogens (tertiary/aromatic N) is 4. The van der Waals surface area contributed by atoms with Crippen LogP contribution in [0.5, 0.6) is 11.5 Å². The number of carbonyl (C=O) groups excluding carboxylic acids is 4. The number of alkyl halides is 1. The van der Waals surface area contributed by atoms with Gasteiger partial charge in [-0.1, -0.05) is 99.6 Å². The minimum atomic E-state index is -0.899. The number of allylic oxidation sites excluding steroid dienone is 1. The number of thiazole rings is 1. The van der Waals surface area contributed by atoms with Gasteiger partial charge in [-0.2, -0.15) is 0 Å². The van der Waals surface area contributed by atoms with E-state index in [9.17, 15) is 29.4 Å². The summed E-state index contributed by atoms with van der Waals surface area (Å²) in [5.74, 6) is 0.294. The van der Waals surface area contributed by atoms with Gasteiger partial charge in [-0.3, -0.25) is 19.2 Å². The zero-order valence-corrected chi connectivity index (χ0v) is 43.3. The van der Waals surface area contributed by atoms with Crippen molar-refractivity contribution in [2.45, 2.75) is 78.1 Å². The molecule has 0 unspecified atom stereocenters. The van der Waals surface area contributed by atoms with Gasteiger partial charge in [-0.15, -0.1) is 22.9 Å². The monoisotopic (exact) mass is 1020 g/mol. The van der Waals surface area contributed by atoms with Gasteiger partial charge in [0, 0.05) is 77.5 Å². The summed E-state index contributed by atoms with van der Waals surface area (Å²) in [6.07, 6.45) is 0.477. The Morgan fingerprint density at radius 1 is 0.806 bits per heavy atom. The largest absolute Gasteiger partial charge is 0.508 e. The molecule has 4 aromatic carbocycles. The van der Waals surface area contributed by atoms with Crippen molar-refractivity contribution >= 4 is 57.7 Å². The van der Waals surface area contributed by atoms with E-state index >= 15 is 0 Å². The number of aromatic nitrogens is 1. The zero-order chi connectivity index (χ0) is 51.2. The number of phenols is 1. The summed E-state index contributed by atoms with van der Waals surface area (Å²) in [7, 11) is 0. The first-order valence-electron chi connectivity index (χ1n) is 24.8. The molecule has 5 aromatic rings. The molecular formula is C56H68ClN7O7S. The molecule has 382 valence electrons. The first-order chi connectivity index (χ1) is 34.7. The Balaban J connectivity index is 0.806. The summed E-state index contributed by atoms with van der Waals surface area (Å²) in [4.78, 5) is 65.1. The maximum Gasteiger partial charge on any atom is 0.246 e. The van der Waals surface area contributed by atoms with Crippen molar-refractivity contribution in [3.63, 3.8) is 0 Å². The summed E-state index contributed by atoms with van der Waals surface area (Å²) >= 11 is 7.89. The summed E-state index contributed by atoms with van der Waals surface area (Å²) in [5, 5.41) is 29.5. The number of aliphatic hydroxyl groups excluding tert-OH is 1. The molecule has 1 aromatic heterocycles. The smallest absolute Gasteiger partial charge is 0.246 e. The average Bonchev–Trinajstić information content (AvgIpc) is 4.00. The number of likely N-dealkylation sites (tertiary alicyclic amines) is 1. The third-order valence-corrected chi connectivity index (χ3v) is 14.4. The molecule has 0 bridgehead atoms. The van der Waals surface area contributed by atoms with Gasteiger partial charge in [0.1, 0.15) is 30.2 Å². The van der Waals surface area contributed by atoms with Crippen LogP contribution in [0.3, 0.4) is 0 Å². The molecule has 7 rings (SSSR count). The number of halogens is 1. The number of β-amino-alcohol motifs (C(OH)–C–C–N with tert-alkyl or cyclic N) is 1. The molecule has 72 heavy (non-hydrogen) atoms. The molecule has 0 aliphatic carbocycles. The van der Waals surface area contributed by atoms with E-state index in [1.807, 2.05) is 112 Å². The number of carbonyl (C=O) groups is 4. The highest BCUT2D eigenvalue weighted by Crippen LogP contribution is 2.36. The minimum Gasteiger partial charge on any atom is -0.508 e. The summed E-state index contributed by atoms with van der Waals surface area (Å²) in [5.41, 5.74) is 9.26. The van der Waals surface area contributed by atoms with E-state index in [1.54, 1.807) is 23.5 Å². The number of ether oxygens (including phenoxy) is 1. The van der Waals surface area contributed by atoms with Crippen molar-refractivity contribution in [2.24, 2.45) is 5.41 Å². The van der Waals surface area contributed by atoms with Crippen molar-refractivity contribution in [1.82, 2.24) is 35.6 Å². The molecule has 3 heterocycles. The van der Waals surface area contributed by atoms with Gasteiger partial charge in [0.25, 0.3) is 0 Å². The van der Waals surface area contributed by atoms with Crippen molar-refractivity contribution < 1.29 is 34.1 Å². The van der Waals surface area contributed by atoms with Gasteiger partial charge in [-0.05, 0) is 82.0 Å². The number of phenolic OH excluding ortho intramolecular Hbond substituents is 1. The molecule has 2 saturated heterocycles. The van der Waals surface area contributed by atoms with Crippen LogP contribution in [-0.2, 0) is 25.7 Å². The lowest BCUT2D eigenvalue weighted by Gasteiger charge is -2.36. The third-order valence-electron chi connectivity index (χ3n) is 13.2. The van der Waals surface area contributed by atoms with E-state index in [1.165, 1.54) is 4.90 Å². The molecule has 0 radical (unpaired) electrons. The van der Waals surface area contributed by atoms with Crippen LogP contribution in [0.4, 0.5) is 0 Å². The number of benzene rings is 4. The van der Waals surface area contributed by atoms with Crippen LogP contribution >= 0.6 is 22.9 Å². The summed E-state index contributed by atoms with van der Waals surface area (Å²) < 4.78 is 6.00. The van der Waals surface area contributed by atoms with Crippen LogP contribution in [-0.4, -0.2) is 137 Å². The molecule has 14 nitrogen and oxygen atoms in total. The fourth-order valence-electron chi connectivity index (χ4n) is 9.23. The lowest BCUT2D eigenvalue weighted by molar-refractivity contribution is -0.144. The van der Waals surface area contributed by atoms with Crippen LogP contribution in [0.1, 0.15) is 74.4 Å². The lowest BCUT2D eigenvalue weighted by atomic mass is 9.85. The predicted molar refractivity (Wildman–Crippen MR) is 285 cm³/mol. The van der Waals surface area contributed by atoms with Gasteiger partial charge in [-0.25, -0.2) is 4.98 Å². The minimum absolute atomic E-state index is 0.00926. The van der Waals surface area contributed by atoms with Gasteiger partial charge >= 0.3 is 0 Å². The topological polar surface area (TPSA) is 177 Å². The molecule has 2 fully saturated rings. The highest BCUT2D eigenvalue weighted by molar-refractivity contribution is 7.13. The molecule has 2 aliphatic heterocycles. The molecule has 0 saturated carbocycles. The number of piperazine rings is 1. The Morgan fingerprint density at radius 2 is 1.43 bits per heavy atom. The highest BCUT2D eigenvalue weighted by Gasteiger charge is 2.44. The van der Waals surface area contributed by atoms with E-state index in [0.717, 1.165) is 75.7 Å². The number of aliphatic hydroxyl groups is 1. The number of aryl methyl sites for hydroxylation is 1. The van der Waals surface area contributed by atoms with E-state index in [0.29, 0.717) is 50.7 Å². The van der Waals surface area contributed by atoms with Crippen LogP contribution in [0, 0.1) is 12.3 Å². The second kappa shape index (κ2) is 25.5. The van der Waals surface area contributed by atoms with Gasteiger partial charge < -0.3 is 45.6 Å². The third kappa shape index (κ3) is 14.8. The first-order valence-corrected chi connectivity index (χ1v) is 26.2. The molecule has 5 N–H and O–H groups in total. The highest BCUT2D eigenvalue weighted by atomic mass is 35.5. The number of amides is 4. The number of hydrogen-bond acceptors (Lipinski definition) is 11. The second-order valence-electron chi connectivity index (χ2n) is 19.6. The predicted octanol–water partition coefficient (Wildman–Crippen LogP) is 7.11. The van der Waals surface area contributed by atoms with Crippen molar-refractivity contribution in [1.29, 1.82) is 0 Å². The number of hydrogen-bond donors (Lipinski definition) is 5. The number of nitrogens with one attached hydrogen (secondary N) is 3. The lowest BCUT2D eigenvalue weighted by Crippen LogP contribution is -2.58. The zero-order valence-electron chi connectivity index (χ0n) is 41.7. The molecule has 2 aliphatic rings. The Hall–Kier alpha value is -6.10. The molecule has 16 heteroatoms. The van der Waals surface area contributed by atoms with Crippen LogP contribution < -0.4 is 20.7 Å². The SMILES string of the molecule is Cc1ncsc1-c1ccc(CNC(=O)[C@@H]2C[C@@H](O)CN2C(=O)[C@@H](NC(=O)CCN2CCN(CCC(=O)NCCOc3ccc(C(=C(CCCl)c4ccccc4)c4ccc(O)cc4)cc3)CC2)C(C)(C)C)cc1.